The number of thioether (sulfide) groups is 1. The minimum Gasteiger partial charge on any atom is -0.473 e. The van der Waals surface area contributed by atoms with Crippen LogP contribution in [0.3, 0.4) is 0 Å². The lowest BCUT2D eigenvalue weighted by Crippen LogP contribution is -2.17. The molecule has 1 saturated heterocycles. The highest BCUT2D eigenvalue weighted by Gasteiger charge is 2.18. The van der Waals surface area contributed by atoms with Gasteiger partial charge in [-0.15, -0.1) is 0 Å². The van der Waals surface area contributed by atoms with Crippen molar-refractivity contribution in [3.05, 3.63) is 42.1 Å². The molecule has 0 bridgehead atoms. The second-order valence-corrected chi connectivity index (χ2v) is 7.06. The van der Waals surface area contributed by atoms with E-state index in [4.69, 9.17) is 4.74 Å². The van der Waals surface area contributed by atoms with Crippen molar-refractivity contribution >= 4 is 46.1 Å². The highest BCUT2D eigenvalue weighted by atomic mass is 32.2. The Morgan fingerprint density at radius 2 is 2.25 bits per heavy atom. The number of ether oxygens (including phenoxy) is 1. The molecule has 24 heavy (non-hydrogen) atoms. The molecule has 0 unspecified atom stereocenters. The van der Waals surface area contributed by atoms with Crippen molar-refractivity contribution in [3.63, 3.8) is 0 Å². The van der Waals surface area contributed by atoms with E-state index in [-0.39, 0.29) is 12.0 Å². The zero-order valence-corrected chi connectivity index (χ0v) is 14.3. The first-order valence-corrected chi connectivity index (χ1v) is 9.41. The van der Waals surface area contributed by atoms with Gasteiger partial charge in [0, 0.05) is 23.6 Å². The van der Waals surface area contributed by atoms with Gasteiger partial charge < -0.3 is 10.1 Å². The van der Waals surface area contributed by atoms with Gasteiger partial charge >= 0.3 is 0 Å². The van der Waals surface area contributed by atoms with Crippen molar-refractivity contribution in [1.82, 2.24) is 13.7 Å². The molecule has 1 fully saturated rings. The molecule has 1 aromatic carbocycles. The maximum Gasteiger partial charge on any atom is 0.255 e. The lowest BCUT2D eigenvalue weighted by atomic mass is 10.2. The molecule has 1 aliphatic rings. The summed E-state index contributed by atoms with van der Waals surface area (Å²) in [6.45, 7) is 0. The molecule has 0 spiro atoms. The number of anilines is 1. The van der Waals surface area contributed by atoms with Gasteiger partial charge in [-0.05, 0) is 30.4 Å². The predicted molar refractivity (Wildman–Crippen MR) is 96.0 cm³/mol. The van der Waals surface area contributed by atoms with Crippen LogP contribution in [0.25, 0.3) is 11.0 Å². The second-order valence-electron chi connectivity index (χ2n) is 5.38. The Balaban J connectivity index is 1.52. The van der Waals surface area contributed by atoms with E-state index < -0.39 is 0 Å². The van der Waals surface area contributed by atoms with Crippen LogP contribution >= 0.6 is 23.5 Å². The van der Waals surface area contributed by atoms with Gasteiger partial charge in [0.25, 0.3) is 5.91 Å². The van der Waals surface area contributed by atoms with Crippen LogP contribution in [0.5, 0.6) is 5.88 Å². The Bertz CT molecular complexity index is 877. The fourth-order valence-electron chi connectivity index (χ4n) is 2.49. The van der Waals surface area contributed by atoms with Gasteiger partial charge in [-0.25, -0.2) is 4.98 Å². The van der Waals surface area contributed by atoms with Crippen LogP contribution in [0, 0.1) is 0 Å². The maximum atomic E-state index is 12.5. The first kappa shape index (κ1) is 15.3. The summed E-state index contributed by atoms with van der Waals surface area (Å²) in [7, 11) is 0. The molecule has 3 heterocycles. The van der Waals surface area contributed by atoms with E-state index in [9.17, 15) is 4.79 Å². The van der Waals surface area contributed by atoms with Crippen molar-refractivity contribution in [2.45, 2.75) is 12.5 Å². The van der Waals surface area contributed by atoms with E-state index in [1.807, 2.05) is 30.0 Å². The molecular weight excluding hydrogens is 344 g/mol. The molecule has 8 heteroatoms. The maximum absolute atomic E-state index is 12.5. The molecule has 0 saturated carbocycles. The molecule has 4 rings (SSSR count). The van der Waals surface area contributed by atoms with Crippen LogP contribution in [-0.4, -0.2) is 37.2 Å². The molecule has 1 N–H and O–H groups in total. The molecule has 1 amide bonds. The smallest absolute Gasteiger partial charge is 0.255 e. The summed E-state index contributed by atoms with van der Waals surface area (Å²) in [5.41, 5.74) is 2.63. The molecular formula is C16H14N4O2S2. The number of carbonyl (C=O) groups excluding carboxylic acids is 1. The minimum atomic E-state index is -0.219. The third kappa shape index (κ3) is 3.20. The topological polar surface area (TPSA) is 77.0 Å². The van der Waals surface area contributed by atoms with Crippen LogP contribution in [0.1, 0.15) is 16.8 Å². The van der Waals surface area contributed by atoms with E-state index >= 15 is 0 Å². The van der Waals surface area contributed by atoms with Crippen molar-refractivity contribution in [2.75, 3.05) is 16.8 Å². The molecule has 1 aliphatic heterocycles. The van der Waals surface area contributed by atoms with E-state index in [0.29, 0.717) is 22.6 Å². The van der Waals surface area contributed by atoms with Crippen LogP contribution in [0.2, 0.25) is 0 Å². The summed E-state index contributed by atoms with van der Waals surface area (Å²) < 4.78 is 14.2. The number of amides is 1. The summed E-state index contributed by atoms with van der Waals surface area (Å²) in [6, 6.07) is 8.88. The molecule has 6 nitrogen and oxygen atoms in total. The van der Waals surface area contributed by atoms with Gasteiger partial charge in [-0.1, -0.05) is 6.07 Å². The summed E-state index contributed by atoms with van der Waals surface area (Å²) in [4.78, 5) is 16.7. The van der Waals surface area contributed by atoms with Crippen LogP contribution in [-0.2, 0) is 0 Å². The Morgan fingerprint density at radius 1 is 1.29 bits per heavy atom. The number of hydrogen-bond acceptors (Lipinski definition) is 7. The van der Waals surface area contributed by atoms with Gasteiger partial charge in [0.15, 0.2) is 0 Å². The summed E-state index contributed by atoms with van der Waals surface area (Å²) in [5, 5.41) is 2.89. The van der Waals surface area contributed by atoms with E-state index in [1.54, 1.807) is 18.3 Å². The van der Waals surface area contributed by atoms with Gasteiger partial charge in [0.2, 0.25) is 5.88 Å². The number of nitrogens with zero attached hydrogens (tertiary/aromatic N) is 3. The molecule has 122 valence electrons. The first-order chi connectivity index (χ1) is 11.8. The zero-order chi connectivity index (χ0) is 16.4. The number of pyridine rings is 1. The standard InChI is InChI=1S/C16H14N4O2S2/c21-16(18-12-2-1-3-13-15(12)20-24-19-13)10-4-6-17-14(8-10)22-11-5-7-23-9-11/h1-4,6,8,11H,5,7,9H2,(H,18,21)/t11-/m0/s1. The van der Waals surface area contributed by atoms with E-state index in [2.05, 4.69) is 19.0 Å². The van der Waals surface area contributed by atoms with Crippen molar-refractivity contribution in [1.29, 1.82) is 0 Å². The predicted octanol–water partition coefficient (Wildman–Crippen LogP) is 3.22. The third-order valence-electron chi connectivity index (χ3n) is 3.71. The fraction of sp³-hybridized carbons (Fsp3) is 0.250. The van der Waals surface area contributed by atoms with Crippen molar-refractivity contribution in [3.8, 4) is 5.88 Å². The second kappa shape index (κ2) is 6.74. The number of carbonyl (C=O) groups is 1. The van der Waals surface area contributed by atoms with Gasteiger partial charge in [-0.2, -0.15) is 20.5 Å². The molecule has 1 atom stereocenters. The Labute approximate surface area is 147 Å². The Morgan fingerprint density at radius 3 is 3.12 bits per heavy atom. The van der Waals surface area contributed by atoms with Gasteiger partial charge in [0.1, 0.15) is 17.1 Å². The van der Waals surface area contributed by atoms with Crippen LogP contribution in [0.4, 0.5) is 5.69 Å². The molecule has 2 aromatic heterocycles. The average Bonchev–Trinajstić information content (AvgIpc) is 3.27. The molecule has 0 aliphatic carbocycles. The van der Waals surface area contributed by atoms with Gasteiger partial charge in [-0.3, -0.25) is 4.79 Å². The molecule has 0 radical (unpaired) electrons. The largest absolute Gasteiger partial charge is 0.473 e. The number of aromatic nitrogens is 3. The monoisotopic (exact) mass is 358 g/mol. The zero-order valence-electron chi connectivity index (χ0n) is 12.6. The number of fused-ring (bicyclic) bond motifs is 1. The lowest BCUT2D eigenvalue weighted by Gasteiger charge is -2.12. The fourth-order valence-corrected chi connectivity index (χ4v) is 4.14. The summed E-state index contributed by atoms with van der Waals surface area (Å²) in [6.07, 6.45) is 2.79. The quantitative estimate of drug-likeness (QED) is 0.772. The normalized spacial score (nSPS) is 17.1. The highest BCUT2D eigenvalue weighted by Crippen LogP contribution is 2.24. The average molecular weight is 358 g/mol. The van der Waals surface area contributed by atoms with E-state index in [0.717, 1.165) is 35.2 Å². The lowest BCUT2D eigenvalue weighted by molar-refractivity contribution is 0.102. The van der Waals surface area contributed by atoms with Crippen molar-refractivity contribution < 1.29 is 9.53 Å². The SMILES string of the molecule is O=C(Nc1cccc2nsnc12)c1ccnc(O[C@H]2CCSC2)c1. The minimum absolute atomic E-state index is 0.177. The third-order valence-corrected chi connectivity index (χ3v) is 5.38. The Hall–Kier alpha value is -2.19. The number of rotatable bonds is 4. The first-order valence-electron chi connectivity index (χ1n) is 7.53. The van der Waals surface area contributed by atoms with Crippen LogP contribution in [0.15, 0.2) is 36.5 Å². The number of nitrogens with one attached hydrogen (secondary N) is 1. The van der Waals surface area contributed by atoms with E-state index in [1.165, 1.54) is 0 Å². The summed E-state index contributed by atoms with van der Waals surface area (Å²) >= 11 is 3.00. The Kier molecular flexibility index (Phi) is 4.31. The highest BCUT2D eigenvalue weighted by molar-refractivity contribution is 7.99. The van der Waals surface area contributed by atoms with Crippen LogP contribution < -0.4 is 10.1 Å². The van der Waals surface area contributed by atoms with Crippen molar-refractivity contribution in [2.24, 2.45) is 0 Å². The molecule has 3 aromatic rings. The number of benzene rings is 1. The summed E-state index contributed by atoms with van der Waals surface area (Å²) in [5.74, 6) is 2.35. The number of hydrogen-bond donors (Lipinski definition) is 1. The van der Waals surface area contributed by atoms with Gasteiger partial charge in [0.05, 0.1) is 17.4 Å².